The van der Waals surface area contributed by atoms with Crippen molar-refractivity contribution in [1.29, 1.82) is 0 Å². The molecule has 1 aromatic carbocycles. The number of imide groups is 1. The first kappa shape index (κ1) is 22.5. The highest BCUT2D eigenvalue weighted by atomic mass is 28.4. The molecule has 1 saturated heterocycles. The summed E-state index contributed by atoms with van der Waals surface area (Å²) in [5.41, 5.74) is 1.32. The summed E-state index contributed by atoms with van der Waals surface area (Å²) < 4.78 is 11.6. The first-order valence-electron chi connectivity index (χ1n) is 10.4. The summed E-state index contributed by atoms with van der Waals surface area (Å²) in [6.45, 7) is 14.5. The molecule has 0 saturated carbocycles. The second kappa shape index (κ2) is 7.81. The lowest BCUT2D eigenvalue weighted by molar-refractivity contribution is -0.144. The molecular weight excluding hydrogens is 400 g/mol. The molecule has 0 bridgehead atoms. The molecule has 0 radical (unpaired) electrons. The maximum Gasteiger partial charge on any atom is 0.421 e. The van der Waals surface area contributed by atoms with E-state index in [4.69, 9.17) is 9.16 Å². The highest BCUT2D eigenvalue weighted by molar-refractivity contribution is 6.74. The Hall–Kier alpha value is -2.19. The van der Waals surface area contributed by atoms with Crippen LogP contribution in [0, 0.1) is 11.8 Å². The number of amides is 3. The van der Waals surface area contributed by atoms with E-state index in [2.05, 4.69) is 39.2 Å². The number of nitrogens with one attached hydrogen (secondary N) is 1. The van der Waals surface area contributed by atoms with Crippen LogP contribution in [0.15, 0.2) is 24.3 Å². The zero-order chi connectivity index (χ0) is 22.4. The molecule has 2 aliphatic rings. The van der Waals surface area contributed by atoms with Crippen molar-refractivity contribution in [2.45, 2.75) is 71.5 Å². The van der Waals surface area contributed by atoms with Gasteiger partial charge in [0.25, 0.3) is 0 Å². The van der Waals surface area contributed by atoms with Crippen molar-refractivity contribution in [2.75, 3.05) is 4.90 Å². The number of para-hydroxylation sites is 1. The van der Waals surface area contributed by atoms with Gasteiger partial charge in [-0.3, -0.25) is 9.59 Å². The van der Waals surface area contributed by atoms with Gasteiger partial charge in [0.15, 0.2) is 8.32 Å². The molecule has 2 aliphatic heterocycles. The first-order chi connectivity index (χ1) is 13.8. The fourth-order valence-electron chi connectivity index (χ4n) is 3.79. The molecular formula is C22H32N2O5Si. The first-order valence-corrected chi connectivity index (χ1v) is 13.3. The number of hydrogen-bond acceptors (Lipinski definition) is 5. The van der Waals surface area contributed by atoms with E-state index in [1.165, 1.54) is 0 Å². The SMILES string of the molecule is C[C@@H](O[Si](C)(C)C(C)(C)C)[C@H]1C(=O)N[C@@H]1[C@@H](C)C(=O)N1C(=O)OCc2ccccc21. The van der Waals surface area contributed by atoms with Gasteiger partial charge in [-0.25, -0.2) is 9.69 Å². The Balaban J connectivity index is 1.78. The molecule has 0 aliphatic carbocycles. The van der Waals surface area contributed by atoms with E-state index in [1.807, 2.05) is 19.1 Å². The van der Waals surface area contributed by atoms with Gasteiger partial charge in [0.1, 0.15) is 6.61 Å². The van der Waals surface area contributed by atoms with Crippen LogP contribution in [0.2, 0.25) is 18.1 Å². The third-order valence-electron chi connectivity index (χ3n) is 6.71. The van der Waals surface area contributed by atoms with Crippen molar-refractivity contribution in [3.05, 3.63) is 29.8 Å². The van der Waals surface area contributed by atoms with E-state index in [-0.39, 0.29) is 29.6 Å². The summed E-state index contributed by atoms with van der Waals surface area (Å²) in [6, 6.07) is 6.79. The molecule has 30 heavy (non-hydrogen) atoms. The number of fused-ring (bicyclic) bond motifs is 1. The molecule has 4 atom stereocenters. The van der Waals surface area contributed by atoms with Crippen LogP contribution in [0.3, 0.4) is 0 Å². The molecule has 1 N–H and O–H groups in total. The number of carbonyl (C=O) groups excluding carboxylic acids is 3. The Labute approximate surface area is 179 Å². The molecule has 0 aromatic heterocycles. The average molecular weight is 433 g/mol. The number of β-lactam (4-membered cyclic amide) rings is 1. The van der Waals surface area contributed by atoms with Crippen LogP contribution in [0.4, 0.5) is 10.5 Å². The van der Waals surface area contributed by atoms with E-state index >= 15 is 0 Å². The predicted octanol–water partition coefficient (Wildman–Crippen LogP) is 3.83. The normalized spacial score (nSPS) is 23.6. The summed E-state index contributed by atoms with van der Waals surface area (Å²) in [5, 5.41) is 2.87. The summed E-state index contributed by atoms with van der Waals surface area (Å²) in [5.74, 6) is -1.54. The van der Waals surface area contributed by atoms with Gasteiger partial charge < -0.3 is 14.5 Å². The quantitative estimate of drug-likeness (QED) is 0.565. The van der Waals surface area contributed by atoms with Crippen LogP contribution < -0.4 is 10.2 Å². The van der Waals surface area contributed by atoms with Crippen molar-refractivity contribution in [1.82, 2.24) is 5.32 Å². The standard InChI is InChI=1S/C22H32N2O5Si/c1-13(20(26)24-16-11-9-8-10-15(16)12-28-21(24)27)18-17(19(25)23-18)14(2)29-30(6,7)22(3,4)5/h8-11,13-14,17-18H,12H2,1-7H3,(H,23,25)/t13-,14-,17-,18-/m1/s1. The number of ether oxygens (including phenoxy) is 1. The van der Waals surface area contributed by atoms with Gasteiger partial charge in [0.05, 0.1) is 29.7 Å². The molecule has 3 rings (SSSR count). The monoisotopic (exact) mass is 432 g/mol. The average Bonchev–Trinajstić information content (AvgIpc) is 2.63. The van der Waals surface area contributed by atoms with Crippen molar-refractivity contribution < 1.29 is 23.5 Å². The van der Waals surface area contributed by atoms with Gasteiger partial charge in [-0.05, 0) is 31.1 Å². The molecule has 2 heterocycles. The van der Waals surface area contributed by atoms with Crippen molar-refractivity contribution in [3.8, 4) is 0 Å². The minimum Gasteiger partial charge on any atom is -0.444 e. The lowest BCUT2D eigenvalue weighted by atomic mass is 9.78. The summed E-state index contributed by atoms with van der Waals surface area (Å²) in [4.78, 5) is 39.1. The van der Waals surface area contributed by atoms with E-state index in [1.54, 1.807) is 19.1 Å². The molecule has 3 amide bonds. The smallest absolute Gasteiger partial charge is 0.421 e. The summed E-state index contributed by atoms with van der Waals surface area (Å²) in [6.07, 6.45) is -1.00. The highest BCUT2D eigenvalue weighted by Gasteiger charge is 2.51. The number of carbonyl (C=O) groups is 3. The fourth-order valence-corrected chi connectivity index (χ4v) is 5.22. The fraction of sp³-hybridized carbons (Fsp3) is 0.591. The lowest BCUT2D eigenvalue weighted by Gasteiger charge is -2.47. The van der Waals surface area contributed by atoms with Crippen LogP contribution in [-0.4, -0.2) is 38.4 Å². The van der Waals surface area contributed by atoms with E-state index < -0.39 is 32.3 Å². The van der Waals surface area contributed by atoms with E-state index in [0.717, 1.165) is 10.5 Å². The minimum atomic E-state index is -2.07. The Morgan fingerprint density at radius 2 is 1.87 bits per heavy atom. The van der Waals surface area contributed by atoms with Gasteiger partial charge >= 0.3 is 6.09 Å². The highest BCUT2D eigenvalue weighted by Crippen LogP contribution is 2.40. The zero-order valence-electron chi connectivity index (χ0n) is 18.8. The topological polar surface area (TPSA) is 84.9 Å². The summed E-state index contributed by atoms with van der Waals surface area (Å²) >= 11 is 0. The molecule has 0 spiro atoms. The summed E-state index contributed by atoms with van der Waals surface area (Å²) in [7, 11) is -2.07. The predicted molar refractivity (Wildman–Crippen MR) is 116 cm³/mol. The number of anilines is 1. The van der Waals surface area contributed by atoms with Crippen LogP contribution in [0.1, 0.15) is 40.2 Å². The Bertz CT molecular complexity index is 863. The molecule has 8 heteroatoms. The van der Waals surface area contributed by atoms with E-state index in [9.17, 15) is 14.4 Å². The van der Waals surface area contributed by atoms with Crippen molar-refractivity contribution >= 4 is 31.9 Å². The minimum absolute atomic E-state index is 0.0136. The Morgan fingerprint density at radius 1 is 1.23 bits per heavy atom. The second-order valence-corrected chi connectivity index (χ2v) is 14.5. The van der Waals surface area contributed by atoms with Crippen LogP contribution in [0.5, 0.6) is 0 Å². The second-order valence-electron chi connectivity index (χ2n) is 9.79. The molecule has 164 valence electrons. The Morgan fingerprint density at radius 3 is 2.47 bits per heavy atom. The number of hydrogen-bond donors (Lipinski definition) is 1. The van der Waals surface area contributed by atoms with Gasteiger partial charge in [0.2, 0.25) is 11.8 Å². The van der Waals surface area contributed by atoms with Crippen molar-refractivity contribution in [2.24, 2.45) is 11.8 Å². The third kappa shape index (κ3) is 3.90. The van der Waals surface area contributed by atoms with E-state index in [0.29, 0.717) is 5.69 Å². The molecule has 1 aromatic rings. The molecule has 0 unspecified atom stereocenters. The van der Waals surface area contributed by atoms with Crippen molar-refractivity contribution in [3.63, 3.8) is 0 Å². The number of benzene rings is 1. The van der Waals surface area contributed by atoms with Crippen LogP contribution in [-0.2, 0) is 25.4 Å². The third-order valence-corrected chi connectivity index (χ3v) is 11.3. The van der Waals surface area contributed by atoms with Gasteiger partial charge in [-0.2, -0.15) is 0 Å². The molecule has 1 fully saturated rings. The molecule has 7 nitrogen and oxygen atoms in total. The maximum absolute atomic E-state index is 13.3. The Kier molecular flexibility index (Phi) is 5.86. The number of cyclic esters (lactones) is 1. The van der Waals surface area contributed by atoms with Gasteiger partial charge in [-0.1, -0.05) is 45.9 Å². The maximum atomic E-state index is 13.3. The number of rotatable bonds is 5. The van der Waals surface area contributed by atoms with Crippen LogP contribution in [0.25, 0.3) is 0 Å². The number of nitrogens with zero attached hydrogens (tertiary/aromatic N) is 1. The zero-order valence-corrected chi connectivity index (χ0v) is 19.8. The lowest BCUT2D eigenvalue weighted by Crippen LogP contribution is -2.67. The largest absolute Gasteiger partial charge is 0.444 e. The van der Waals surface area contributed by atoms with Crippen LogP contribution >= 0.6 is 0 Å². The van der Waals surface area contributed by atoms with Gasteiger partial charge in [-0.15, -0.1) is 0 Å². The van der Waals surface area contributed by atoms with Gasteiger partial charge in [0, 0.05) is 5.56 Å².